The highest BCUT2D eigenvalue weighted by Crippen LogP contribution is 2.30. The van der Waals surface area contributed by atoms with Crippen molar-refractivity contribution < 1.29 is 14.3 Å². The molecule has 0 saturated carbocycles. The fourth-order valence-electron chi connectivity index (χ4n) is 3.05. The molecule has 0 spiro atoms. The summed E-state index contributed by atoms with van der Waals surface area (Å²) in [5.74, 6) is 0.0189. The van der Waals surface area contributed by atoms with Crippen molar-refractivity contribution >= 4 is 23.2 Å². The largest absolute Gasteiger partial charge is 0.471 e. The van der Waals surface area contributed by atoms with Crippen LogP contribution in [-0.2, 0) is 4.74 Å². The molecule has 2 aromatic heterocycles. The Bertz CT molecular complexity index is 1100. The van der Waals surface area contributed by atoms with Crippen molar-refractivity contribution in [2.75, 3.05) is 20.3 Å². The first-order valence-electron chi connectivity index (χ1n) is 8.65. The third-order valence-electron chi connectivity index (χ3n) is 4.45. The fourth-order valence-corrected chi connectivity index (χ4v) is 3.23. The number of halogens is 1. The monoisotopic (exact) mass is 397 g/mol. The van der Waals surface area contributed by atoms with E-state index >= 15 is 0 Å². The molecule has 1 saturated heterocycles. The van der Waals surface area contributed by atoms with Gasteiger partial charge in [0.05, 0.1) is 37.2 Å². The van der Waals surface area contributed by atoms with Crippen molar-refractivity contribution in [2.45, 2.75) is 12.5 Å². The van der Waals surface area contributed by atoms with Crippen molar-refractivity contribution in [3.05, 3.63) is 46.7 Å². The maximum absolute atomic E-state index is 12.1. The van der Waals surface area contributed by atoms with Gasteiger partial charge >= 0.3 is 0 Å². The highest BCUT2D eigenvalue weighted by Gasteiger charge is 2.21. The van der Waals surface area contributed by atoms with Gasteiger partial charge in [0, 0.05) is 24.6 Å². The van der Waals surface area contributed by atoms with Gasteiger partial charge in [-0.25, -0.2) is 4.52 Å². The summed E-state index contributed by atoms with van der Waals surface area (Å²) >= 11 is 6.29. The maximum Gasteiger partial charge on any atom is 0.251 e. The van der Waals surface area contributed by atoms with E-state index in [1.165, 1.54) is 17.6 Å². The quantitative estimate of drug-likeness (QED) is 0.725. The number of hydrogen-bond donors (Lipinski definition) is 1. The Labute approximate surface area is 165 Å². The molecule has 0 unspecified atom stereocenters. The van der Waals surface area contributed by atoms with Crippen LogP contribution in [0.3, 0.4) is 0 Å². The second-order valence-electron chi connectivity index (χ2n) is 6.31. The van der Waals surface area contributed by atoms with E-state index in [0.717, 1.165) is 6.42 Å². The van der Waals surface area contributed by atoms with E-state index in [2.05, 4.69) is 21.5 Å². The number of hydrogen-bond acceptors (Lipinski definition) is 6. The fraction of sp³-hybridized carbons (Fsp3) is 0.263. The molecule has 1 N–H and O–H groups in total. The predicted octanol–water partition coefficient (Wildman–Crippen LogP) is 2.45. The van der Waals surface area contributed by atoms with Gasteiger partial charge in [0.1, 0.15) is 11.1 Å². The number of benzene rings is 1. The van der Waals surface area contributed by atoms with Crippen LogP contribution in [-0.4, -0.2) is 46.9 Å². The highest BCUT2D eigenvalue weighted by molar-refractivity contribution is 6.31. The van der Waals surface area contributed by atoms with E-state index in [-0.39, 0.29) is 12.0 Å². The average Bonchev–Trinajstić information content (AvgIpc) is 3.37. The first-order valence-corrected chi connectivity index (χ1v) is 9.02. The van der Waals surface area contributed by atoms with Crippen LogP contribution in [0, 0.1) is 11.3 Å². The Morgan fingerprint density at radius 2 is 2.32 bits per heavy atom. The smallest absolute Gasteiger partial charge is 0.251 e. The molecule has 142 valence electrons. The van der Waals surface area contributed by atoms with Crippen molar-refractivity contribution in [1.82, 2.24) is 19.9 Å². The molecular weight excluding hydrogens is 382 g/mol. The van der Waals surface area contributed by atoms with Gasteiger partial charge in [0.2, 0.25) is 5.88 Å². The zero-order chi connectivity index (χ0) is 19.7. The number of rotatable bonds is 4. The van der Waals surface area contributed by atoms with Crippen LogP contribution < -0.4 is 10.1 Å². The van der Waals surface area contributed by atoms with Crippen molar-refractivity contribution in [3.63, 3.8) is 0 Å². The van der Waals surface area contributed by atoms with Crippen molar-refractivity contribution in [2.24, 2.45) is 0 Å². The number of fused-ring (bicyclic) bond motifs is 1. The second kappa shape index (κ2) is 7.46. The minimum Gasteiger partial charge on any atom is -0.471 e. The van der Waals surface area contributed by atoms with Gasteiger partial charge in [0.15, 0.2) is 5.65 Å². The number of nitrogens with zero attached hydrogens (tertiary/aromatic N) is 4. The molecule has 8 nitrogen and oxygen atoms in total. The molecule has 3 aromatic rings. The summed E-state index contributed by atoms with van der Waals surface area (Å²) in [6.07, 6.45) is 3.91. The summed E-state index contributed by atoms with van der Waals surface area (Å²) < 4.78 is 12.7. The lowest BCUT2D eigenvalue weighted by Gasteiger charge is -2.12. The van der Waals surface area contributed by atoms with E-state index in [9.17, 15) is 10.1 Å². The summed E-state index contributed by atoms with van der Waals surface area (Å²) in [6, 6.07) is 6.99. The minimum absolute atomic E-state index is 0.0967. The second-order valence-corrected chi connectivity index (χ2v) is 6.72. The third kappa shape index (κ3) is 3.38. The molecule has 28 heavy (non-hydrogen) atoms. The molecule has 1 atom stereocenters. The van der Waals surface area contributed by atoms with E-state index < -0.39 is 0 Å². The zero-order valence-electron chi connectivity index (χ0n) is 15.0. The lowest BCUT2D eigenvalue weighted by Crippen LogP contribution is -2.18. The number of carbonyl (C=O) groups excluding carboxylic acids is 1. The molecule has 1 aromatic carbocycles. The number of amides is 1. The number of ether oxygens (including phenoxy) is 2. The zero-order valence-corrected chi connectivity index (χ0v) is 15.7. The summed E-state index contributed by atoms with van der Waals surface area (Å²) in [5, 5.41) is 16.5. The van der Waals surface area contributed by atoms with Crippen LogP contribution in [0.25, 0.3) is 16.8 Å². The molecule has 3 heterocycles. The molecular formula is C19H16ClN5O3. The molecule has 0 radical (unpaired) electrons. The summed E-state index contributed by atoms with van der Waals surface area (Å²) in [7, 11) is 1.54. The van der Waals surface area contributed by atoms with Gasteiger partial charge < -0.3 is 14.8 Å². The SMILES string of the molecule is CNC(=O)c1cc(C#N)cc(-c2cnn3cc(Cl)c(O[C@H]4CCOC4)nc23)c1. The van der Waals surface area contributed by atoms with Gasteiger partial charge in [-0.05, 0) is 23.8 Å². The molecule has 4 rings (SSSR count). The number of nitriles is 1. The Morgan fingerprint density at radius 3 is 3.04 bits per heavy atom. The Morgan fingerprint density at radius 1 is 1.46 bits per heavy atom. The van der Waals surface area contributed by atoms with Gasteiger partial charge in [-0.3, -0.25) is 4.79 Å². The molecule has 1 amide bonds. The summed E-state index contributed by atoms with van der Waals surface area (Å²) in [4.78, 5) is 16.6. The third-order valence-corrected chi connectivity index (χ3v) is 4.70. The van der Waals surface area contributed by atoms with Gasteiger partial charge in [-0.2, -0.15) is 15.3 Å². The molecule has 9 heteroatoms. The van der Waals surface area contributed by atoms with Crippen LogP contribution in [0.4, 0.5) is 0 Å². The summed E-state index contributed by atoms with van der Waals surface area (Å²) in [5.41, 5.74) is 2.56. The van der Waals surface area contributed by atoms with Gasteiger partial charge in [-0.1, -0.05) is 11.6 Å². The standard InChI is InChI=1S/C19H16ClN5O3/c1-22-18(26)13-5-11(7-21)4-12(6-13)15-8-23-25-9-16(20)19(24-17(15)25)28-14-2-3-27-10-14/h4-6,8-9,14H,2-3,10H2,1H3,(H,22,26)/t14-/m0/s1. The highest BCUT2D eigenvalue weighted by atomic mass is 35.5. The number of carbonyl (C=O) groups is 1. The van der Waals surface area contributed by atoms with Crippen LogP contribution in [0.5, 0.6) is 5.88 Å². The average molecular weight is 398 g/mol. The van der Waals surface area contributed by atoms with E-state index in [4.69, 9.17) is 21.1 Å². The van der Waals surface area contributed by atoms with E-state index in [1.54, 1.807) is 24.5 Å². The molecule has 0 bridgehead atoms. The van der Waals surface area contributed by atoms with Crippen LogP contribution in [0.15, 0.2) is 30.6 Å². The predicted molar refractivity (Wildman–Crippen MR) is 101 cm³/mol. The van der Waals surface area contributed by atoms with Gasteiger partial charge in [-0.15, -0.1) is 0 Å². The maximum atomic E-state index is 12.1. The van der Waals surface area contributed by atoms with Crippen LogP contribution in [0.2, 0.25) is 5.02 Å². The molecule has 1 aliphatic rings. The first kappa shape index (κ1) is 18.2. The van der Waals surface area contributed by atoms with Crippen LogP contribution in [0.1, 0.15) is 22.3 Å². The molecule has 1 fully saturated rings. The Kier molecular flexibility index (Phi) is 4.86. The Balaban J connectivity index is 1.80. The van der Waals surface area contributed by atoms with E-state index in [0.29, 0.717) is 52.0 Å². The minimum atomic E-state index is -0.281. The van der Waals surface area contributed by atoms with Crippen molar-refractivity contribution in [3.8, 4) is 23.1 Å². The molecule has 0 aliphatic carbocycles. The van der Waals surface area contributed by atoms with Crippen LogP contribution >= 0.6 is 11.6 Å². The lowest BCUT2D eigenvalue weighted by atomic mass is 10.0. The normalized spacial score (nSPS) is 16.1. The van der Waals surface area contributed by atoms with Crippen molar-refractivity contribution in [1.29, 1.82) is 5.26 Å². The van der Waals surface area contributed by atoms with Gasteiger partial charge in [0.25, 0.3) is 5.91 Å². The topological polar surface area (TPSA) is 102 Å². The number of nitrogens with one attached hydrogen (secondary N) is 1. The molecule has 1 aliphatic heterocycles. The summed E-state index contributed by atoms with van der Waals surface area (Å²) in [6.45, 7) is 1.14. The Hall–Kier alpha value is -3.15. The van der Waals surface area contributed by atoms with E-state index in [1.807, 2.05) is 0 Å². The number of aromatic nitrogens is 3. The first-order chi connectivity index (χ1) is 13.6. The lowest BCUT2D eigenvalue weighted by molar-refractivity contribution is 0.0963.